The number of nitrogens with one attached hydrogen (secondary N) is 1. The van der Waals surface area contributed by atoms with E-state index in [-0.39, 0.29) is 18.8 Å². The summed E-state index contributed by atoms with van der Waals surface area (Å²) in [6.07, 6.45) is 0.117. The first-order chi connectivity index (χ1) is 9.37. The van der Waals surface area contributed by atoms with Crippen molar-refractivity contribution in [2.24, 2.45) is 0 Å². The topological polar surface area (TPSA) is 77.1 Å². The average molecular weight is 286 g/mol. The molecule has 0 spiro atoms. The molecule has 1 unspecified atom stereocenters. The van der Waals surface area contributed by atoms with Gasteiger partial charge >= 0.3 is 6.09 Å². The Balaban J connectivity index is 1.77. The number of rotatable bonds is 3. The molecule has 2 fully saturated rings. The second-order valence-corrected chi connectivity index (χ2v) is 6.00. The van der Waals surface area contributed by atoms with Crippen molar-refractivity contribution in [1.82, 2.24) is 10.2 Å². The quantitative estimate of drug-likeness (QED) is 0.817. The summed E-state index contributed by atoms with van der Waals surface area (Å²) >= 11 is 0. The SMILES string of the molecule is CC(C)(C)OC(=O)N1CC[C@@H]1C(=O)NCC1COCO1. The predicted octanol–water partition coefficient (Wildman–Crippen LogP) is 0.485. The fourth-order valence-corrected chi connectivity index (χ4v) is 2.02. The van der Waals surface area contributed by atoms with Crippen molar-refractivity contribution >= 4 is 12.0 Å². The van der Waals surface area contributed by atoms with Gasteiger partial charge in [0.15, 0.2) is 0 Å². The number of carbonyl (C=O) groups is 2. The lowest BCUT2D eigenvalue weighted by Crippen LogP contribution is -2.59. The Morgan fingerprint density at radius 3 is 2.65 bits per heavy atom. The highest BCUT2D eigenvalue weighted by Crippen LogP contribution is 2.21. The summed E-state index contributed by atoms with van der Waals surface area (Å²) in [7, 11) is 0. The van der Waals surface area contributed by atoms with Crippen molar-refractivity contribution in [3.63, 3.8) is 0 Å². The van der Waals surface area contributed by atoms with Gasteiger partial charge in [0.2, 0.25) is 5.91 Å². The molecule has 2 heterocycles. The number of carbonyl (C=O) groups excluding carboxylic acids is 2. The molecule has 7 heteroatoms. The number of likely N-dealkylation sites (tertiary alicyclic amines) is 1. The van der Waals surface area contributed by atoms with Crippen LogP contribution in [0.15, 0.2) is 0 Å². The molecule has 2 rings (SSSR count). The van der Waals surface area contributed by atoms with E-state index in [9.17, 15) is 9.59 Å². The number of nitrogens with zero attached hydrogens (tertiary/aromatic N) is 1. The molecule has 0 aromatic rings. The van der Waals surface area contributed by atoms with Gasteiger partial charge < -0.3 is 19.5 Å². The van der Waals surface area contributed by atoms with Crippen LogP contribution >= 0.6 is 0 Å². The average Bonchev–Trinajstić information content (AvgIpc) is 2.74. The lowest BCUT2D eigenvalue weighted by Gasteiger charge is -2.40. The van der Waals surface area contributed by atoms with Gasteiger partial charge in [-0.05, 0) is 27.2 Å². The maximum atomic E-state index is 12.0. The molecule has 7 nitrogen and oxygen atoms in total. The Morgan fingerprint density at radius 2 is 2.15 bits per heavy atom. The van der Waals surface area contributed by atoms with Gasteiger partial charge in [-0.2, -0.15) is 0 Å². The second kappa shape index (κ2) is 5.97. The molecule has 114 valence electrons. The van der Waals surface area contributed by atoms with Crippen LogP contribution in [-0.4, -0.2) is 61.1 Å². The zero-order valence-electron chi connectivity index (χ0n) is 12.2. The van der Waals surface area contributed by atoms with Crippen LogP contribution in [0.1, 0.15) is 27.2 Å². The molecular weight excluding hydrogens is 264 g/mol. The van der Waals surface area contributed by atoms with Crippen LogP contribution in [0.25, 0.3) is 0 Å². The van der Waals surface area contributed by atoms with Gasteiger partial charge in [-0.25, -0.2) is 4.79 Å². The van der Waals surface area contributed by atoms with Crippen molar-refractivity contribution < 1.29 is 23.8 Å². The molecule has 2 aliphatic heterocycles. The van der Waals surface area contributed by atoms with E-state index < -0.39 is 17.7 Å². The third kappa shape index (κ3) is 3.83. The molecule has 2 amide bonds. The molecule has 20 heavy (non-hydrogen) atoms. The minimum absolute atomic E-state index is 0.103. The van der Waals surface area contributed by atoms with E-state index in [2.05, 4.69) is 5.32 Å². The fourth-order valence-electron chi connectivity index (χ4n) is 2.02. The van der Waals surface area contributed by atoms with Gasteiger partial charge in [0.05, 0.1) is 6.61 Å². The second-order valence-electron chi connectivity index (χ2n) is 6.00. The summed E-state index contributed by atoms with van der Waals surface area (Å²) in [5, 5.41) is 2.78. The molecule has 2 saturated heterocycles. The van der Waals surface area contributed by atoms with Gasteiger partial charge in [-0.15, -0.1) is 0 Å². The van der Waals surface area contributed by atoms with E-state index >= 15 is 0 Å². The molecule has 2 atom stereocenters. The molecule has 0 radical (unpaired) electrons. The number of ether oxygens (including phenoxy) is 3. The van der Waals surface area contributed by atoms with Crippen LogP contribution in [0.2, 0.25) is 0 Å². The monoisotopic (exact) mass is 286 g/mol. The van der Waals surface area contributed by atoms with Gasteiger partial charge in [0.25, 0.3) is 0 Å². The fraction of sp³-hybridized carbons (Fsp3) is 0.846. The number of hydrogen-bond donors (Lipinski definition) is 1. The highest BCUT2D eigenvalue weighted by Gasteiger charge is 2.39. The largest absolute Gasteiger partial charge is 0.444 e. The molecule has 1 N–H and O–H groups in total. The zero-order chi connectivity index (χ0) is 14.8. The third-order valence-corrected chi connectivity index (χ3v) is 3.15. The Bertz CT molecular complexity index is 373. The Kier molecular flexibility index (Phi) is 4.49. The Labute approximate surface area is 118 Å². The standard InChI is InChI=1S/C13H22N2O5/c1-13(2,3)20-12(17)15-5-4-10(15)11(16)14-6-9-7-18-8-19-9/h9-10H,4-8H2,1-3H3,(H,14,16)/t9?,10-/m1/s1. The van der Waals surface area contributed by atoms with Gasteiger partial charge in [-0.1, -0.05) is 0 Å². The highest BCUT2D eigenvalue weighted by molar-refractivity contribution is 5.87. The zero-order valence-corrected chi connectivity index (χ0v) is 12.2. The van der Waals surface area contributed by atoms with Crippen LogP contribution in [0.4, 0.5) is 4.79 Å². The molecule has 0 aliphatic carbocycles. The highest BCUT2D eigenvalue weighted by atomic mass is 16.7. The van der Waals surface area contributed by atoms with Crippen molar-refractivity contribution in [1.29, 1.82) is 0 Å². The molecule has 0 aromatic heterocycles. The van der Waals surface area contributed by atoms with Crippen molar-refractivity contribution in [3.05, 3.63) is 0 Å². The summed E-state index contributed by atoms with van der Waals surface area (Å²) in [6, 6.07) is -0.438. The molecule has 0 saturated carbocycles. The van der Waals surface area contributed by atoms with E-state index in [1.807, 2.05) is 0 Å². The summed E-state index contributed by atoms with van der Waals surface area (Å²) in [4.78, 5) is 25.4. The molecular formula is C13H22N2O5. The smallest absolute Gasteiger partial charge is 0.410 e. The summed E-state index contributed by atoms with van der Waals surface area (Å²) in [6.45, 7) is 7.12. The number of amides is 2. The van der Waals surface area contributed by atoms with Gasteiger partial charge in [-0.3, -0.25) is 9.69 Å². The number of hydrogen-bond acceptors (Lipinski definition) is 5. The van der Waals surface area contributed by atoms with Crippen LogP contribution in [0.3, 0.4) is 0 Å². The first kappa shape index (κ1) is 15.1. The van der Waals surface area contributed by atoms with Crippen LogP contribution in [-0.2, 0) is 19.0 Å². The van der Waals surface area contributed by atoms with Gasteiger partial charge in [0.1, 0.15) is 24.5 Å². The van der Waals surface area contributed by atoms with Gasteiger partial charge in [0, 0.05) is 13.1 Å². The van der Waals surface area contributed by atoms with Crippen molar-refractivity contribution in [2.45, 2.75) is 44.9 Å². The Hall–Kier alpha value is -1.34. The van der Waals surface area contributed by atoms with Crippen LogP contribution in [0.5, 0.6) is 0 Å². The summed E-state index contributed by atoms with van der Waals surface area (Å²) in [5.74, 6) is -0.169. The summed E-state index contributed by atoms with van der Waals surface area (Å²) < 4.78 is 15.5. The Morgan fingerprint density at radius 1 is 1.40 bits per heavy atom. The van der Waals surface area contributed by atoms with E-state index in [0.29, 0.717) is 26.1 Å². The predicted molar refractivity (Wildman–Crippen MR) is 70.0 cm³/mol. The van der Waals surface area contributed by atoms with E-state index in [1.165, 1.54) is 4.90 Å². The van der Waals surface area contributed by atoms with E-state index in [4.69, 9.17) is 14.2 Å². The van der Waals surface area contributed by atoms with E-state index in [1.54, 1.807) is 20.8 Å². The molecule has 0 bridgehead atoms. The van der Waals surface area contributed by atoms with Crippen LogP contribution < -0.4 is 5.32 Å². The maximum Gasteiger partial charge on any atom is 0.410 e. The minimum Gasteiger partial charge on any atom is -0.444 e. The van der Waals surface area contributed by atoms with Crippen molar-refractivity contribution in [3.8, 4) is 0 Å². The molecule has 2 aliphatic rings. The first-order valence-corrected chi connectivity index (χ1v) is 6.83. The van der Waals surface area contributed by atoms with Crippen molar-refractivity contribution in [2.75, 3.05) is 26.5 Å². The summed E-state index contributed by atoms with van der Waals surface area (Å²) in [5.41, 5.74) is -0.553. The molecule has 0 aromatic carbocycles. The minimum atomic E-state index is -0.553. The normalized spacial score (nSPS) is 26.1. The first-order valence-electron chi connectivity index (χ1n) is 6.83. The lowest BCUT2D eigenvalue weighted by molar-refractivity contribution is -0.131. The van der Waals surface area contributed by atoms with E-state index in [0.717, 1.165) is 0 Å². The maximum absolute atomic E-state index is 12.0. The third-order valence-electron chi connectivity index (χ3n) is 3.15. The van der Waals surface area contributed by atoms with Crippen LogP contribution in [0, 0.1) is 0 Å². The lowest BCUT2D eigenvalue weighted by atomic mass is 10.0.